The minimum absolute atomic E-state index is 0.0599. The van der Waals surface area contributed by atoms with Gasteiger partial charge in [0.05, 0.1) is 12.0 Å². The molecule has 4 atom stereocenters. The van der Waals surface area contributed by atoms with E-state index in [1.165, 1.54) is 12.8 Å². The highest BCUT2D eigenvalue weighted by molar-refractivity contribution is 5.77. The van der Waals surface area contributed by atoms with Crippen molar-refractivity contribution < 1.29 is 9.53 Å². The van der Waals surface area contributed by atoms with Gasteiger partial charge in [-0.1, -0.05) is 34.1 Å². The van der Waals surface area contributed by atoms with Gasteiger partial charge in [-0.05, 0) is 50.4 Å². The molecule has 1 saturated carbocycles. The third-order valence-corrected chi connectivity index (χ3v) is 5.09. The van der Waals surface area contributed by atoms with E-state index in [9.17, 15) is 4.79 Å². The van der Waals surface area contributed by atoms with Crippen molar-refractivity contribution in [3.8, 4) is 0 Å². The van der Waals surface area contributed by atoms with Crippen molar-refractivity contribution in [3.63, 3.8) is 0 Å². The first kappa shape index (κ1) is 15.5. The van der Waals surface area contributed by atoms with E-state index in [1.807, 2.05) is 6.92 Å². The van der Waals surface area contributed by atoms with Crippen LogP contribution in [0.1, 0.15) is 66.7 Å². The van der Waals surface area contributed by atoms with Crippen molar-refractivity contribution in [1.29, 1.82) is 0 Å². The number of esters is 1. The first-order valence-corrected chi connectivity index (χ1v) is 7.69. The van der Waals surface area contributed by atoms with Crippen LogP contribution >= 0.6 is 0 Å². The van der Waals surface area contributed by atoms with Gasteiger partial charge in [0.15, 0.2) is 0 Å². The van der Waals surface area contributed by atoms with Crippen molar-refractivity contribution in [2.45, 2.75) is 66.7 Å². The van der Waals surface area contributed by atoms with Gasteiger partial charge in [0, 0.05) is 0 Å². The molecule has 0 bridgehead atoms. The van der Waals surface area contributed by atoms with Crippen LogP contribution in [-0.4, -0.2) is 12.6 Å². The molecule has 0 spiro atoms. The molecule has 0 aliphatic heterocycles. The molecule has 0 N–H and O–H groups in total. The highest BCUT2D eigenvalue weighted by Gasteiger charge is 2.49. The Morgan fingerprint density at radius 1 is 1.39 bits per heavy atom. The molecule has 106 valence electrons. The first-order chi connectivity index (χ1) is 8.51. The van der Waals surface area contributed by atoms with E-state index in [1.54, 1.807) is 0 Å². The van der Waals surface area contributed by atoms with Gasteiger partial charge in [0.25, 0.3) is 0 Å². The predicted molar refractivity (Wildman–Crippen MR) is 75.3 cm³/mol. The lowest BCUT2D eigenvalue weighted by Crippen LogP contribution is -2.46. The summed E-state index contributed by atoms with van der Waals surface area (Å²) in [5.74, 6) is 1.91. The van der Waals surface area contributed by atoms with E-state index in [2.05, 4.69) is 27.7 Å². The maximum atomic E-state index is 12.5. The summed E-state index contributed by atoms with van der Waals surface area (Å²) in [7, 11) is 0. The van der Waals surface area contributed by atoms with Gasteiger partial charge in [-0.15, -0.1) is 0 Å². The zero-order valence-corrected chi connectivity index (χ0v) is 12.8. The molecular formula is C16H30O2. The number of carbonyl (C=O) groups is 1. The topological polar surface area (TPSA) is 26.3 Å². The van der Waals surface area contributed by atoms with Crippen LogP contribution < -0.4 is 0 Å². The quantitative estimate of drug-likeness (QED) is 0.678. The normalized spacial score (nSPS) is 34.1. The lowest BCUT2D eigenvalue weighted by molar-refractivity contribution is -0.165. The average molecular weight is 254 g/mol. The molecule has 1 rings (SSSR count). The van der Waals surface area contributed by atoms with Crippen LogP contribution in [0.15, 0.2) is 0 Å². The van der Waals surface area contributed by atoms with Crippen LogP contribution in [0.2, 0.25) is 0 Å². The maximum absolute atomic E-state index is 12.5. The number of ether oxygens (including phenoxy) is 1. The Hall–Kier alpha value is -0.530. The van der Waals surface area contributed by atoms with Crippen molar-refractivity contribution in [2.24, 2.45) is 23.2 Å². The minimum atomic E-state index is -0.210. The fourth-order valence-corrected chi connectivity index (χ4v) is 3.64. The molecule has 0 heterocycles. The summed E-state index contributed by atoms with van der Waals surface area (Å²) >= 11 is 0. The van der Waals surface area contributed by atoms with Gasteiger partial charge >= 0.3 is 5.97 Å². The second kappa shape index (κ2) is 6.58. The Morgan fingerprint density at radius 3 is 2.56 bits per heavy atom. The van der Waals surface area contributed by atoms with Crippen molar-refractivity contribution in [1.82, 2.24) is 0 Å². The molecule has 18 heavy (non-hydrogen) atoms. The molecule has 1 aliphatic rings. The summed E-state index contributed by atoms with van der Waals surface area (Å²) in [4.78, 5) is 12.5. The van der Waals surface area contributed by atoms with Crippen LogP contribution in [0.4, 0.5) is 0 Å². The summed E-state index contributed by atoms with van der Waals surface area (Å²) in [6.07, 6.45) is 5.44. The molecule has 0 aromatic carbocycles. The molecular weight excluding hydrogens is 224 g/mol. The second-order valence-corrected chi connectivity index (χ2v) is 6.10. The molecule has 0 amide bonds. The van der Waals surface area contributed by atoms with Crippen LogP contribution in [0.5, 0.6) is 0 Å². The molecule has 2 heteroatoms. The van der Waals surface area contributed by atoms with Crippen LogP contribution in [0, 0.1) is 23.2 Å². The van der Waals surface area contributed by atoms with Crippen LogP contribution in [-0.2, 0) is 9.53 Å². The lowest BCUT2D eigenvalue weighted by atomic mass is 9.58. The second-order valence-electron chi connectivity index (χ2n) is 6.10. The van der Waals surface area contributed by atoms with E-state index in [-0.39, 0.29) is 11.4 Å². The Labute approximate surface area is 112 Å². The smallest absolute Gasteiger partial charge is 0.312 e. The van der Waals surface area contributed by atoms with Gasteiger partial charge in [-0.25, -0.2) is 0 Å². The van der Waals surface area contributed by atoms with Gasteiger partial charge in [0.2, 0.25) is 0 Å². The summed E-state index contributed by atoms with van der Waals surface area (Å²) in [5.41, 5.74) is -0.210. The third kappa shape index (κ3) is 2.89. The summed E-state index contributed by atoms with van der Waals surface area (Å²) in [6, 6.07) is 0. The number of carbonyl (C=O) groups excluding carboxylic acids is 1. The monoisotopic (exact) mass is 254 g/mol. The molecule has 1 fully saturated rings. The molecule has 0 aromatic rings. The van der Waals surface area contributed by atoms with E-state index in [4.69, 9.17) is 4.74 Å². The Morgan fingerprint density at radius 2 is 2.06 bits per heavy atom. The first-order valence-electron chi connectivity index (χ1n) is 7.69. The molecule has 1 aliphatic carbocycles. The largest absolute Gasteiger partial charge is 0.466 e. The van der Waals surface area contributed by atoms with Gasteiger partial charge in [0.1, 0.15) is 0 Å². The summed E-state index contributed by atoms with van der Waals surface area (Å²) < 4.78 is 5.40. The molecule has 0 aromatic heterocycles. The maximum Gasteiger partial charge on any atom is 0.312 e. The fraction of sp³-hybridized carbons (Fsp3) is 0.938. The summed E-state index contributed by atoms with van der Waals surface area (Å²) in [6.45, 7) is 11.4. The average Bonchev–Trinajstić information content (AvgIpc) is 2.38. The highest BCUT2D eigenvalue weighted by Crippen LogP contribution is 2.50. The number of hydrogen-bond acceptors (Lipinski definition) is 2. The van der Waals surface area contributed by atoms with Crippen molar-refractivity contribution >= 4 is 5.97 Å². The van der Waals surface area contributed by atoms with Crippen LogP contribution in [0.25, 0.3) is 0 Å². The van der Waals surface area contributed by atoms with Crippen molar-refractivity contribution in [2.75, 3.05) is 6.61 Å². The minimum Gasteiger partial charge on any atom is -0.466 e. The Bertz CT molecular complexity index is 274. The summed E-state index contributed by atoms with van der Waals surface area (Å²) in [5, 5.41) is 0. The molecule has 0 radical (unpaired) electrons. The lowest BCUT2D eigenvalue weighted by Gasteiger charge is -2.46. The zero-order chi connectivity index (χ0) is 13.8. The standard InChI is InChI=1S/C16H30O2/c1-6-13(5)14-11-12(4)9-10-16(14,7-2)15(17)18-8-3/h12-14H,6-11H2,1-5H3. The van der Waals surface area contributed by atoms with Crippen LogP contribution in [0.3, 0.4) is 0 Å². The van der Waals surface area contributed by atoms with Gasteiger partial charge in [-0.2, -0.15) is 0 Å². The molecule has 4 unspecified atom stereocenters. The Balaban J connectivity index is 2.99. The number of rotatable bonds is 5. The fourth-order valence-electron chi connectivity index (χ4n) is 3.64. The van der Waals surface area contributed by atoms with Gasteiger partial charge < -0.3 is 4.74 Å². The van der Waals surface area contributed by atoms with E-state index in [0.29, 0.717) is 18.4 Å². The Kier molecular flexibility index (Phi) is 5.68. The molecule has 2 nitrogen and oxygen atoms in total. The number of hydrogen-bond donors (Lipinski definition) is 0. The molecule has 0 saturated heterocycles. The van der Waals surface area contributed by atoms with E-state index in [0.717, 1.165) is 25.2 Å². The highest BCUT2D eigenvalue weighted by atomic mass is 16.5. The SMILES string of the molecule is CCOC(=O)C1(CC)CCC(C)CC1C(C)CC. The predicted octanol–water partition coefficient (Wildman–Crippen LogP) is 4.43. The van der Waals surface area contributed by atoms with E-state index >= 15 is 0 Å². The zero-order valence-electron chi connectivity index (χ0n) is 12.8. The van der Waals surface area contributed by atoms with E-state index < -0.39 is 0 Å². The van der Waals surface area contributed by atoms with Gasteiger partial charge in [-0.3, -0.25) is 4.79 Å². The van der Waals surface area contributed by atoms with Crippen molar-refractivity contribution in [3.05, 3.63) is 0 Å². The third-order valence-electron chi connectivity index (χ3n) is 5.09.